The second kappa shape index (κ2) is 7.44. The number of carbonyl (C=O) groups excluding carboxylic acids is 3. The Labute approximate surface area is 140 Å². The molecule has 0 saturated carbocycles. The van der Waals surface area contributed by atoms with Gasteiger partial charge in [0.25, 0.3) is 5.91 Å². The molecule has 4 amide bonds. The first-order chi connectivity index (χ1) is 11.6. The summed E-state index contributed by atoms with van der Waals surface area (Å²) >= 11 is 0. The predicted molar refractivity (Wildman–Crippen MR) is 86.2 cm³/mol. The number of benzene rings is 1. The van der Waals surface area contributed by atoms with Gasteiger partial charge in [-0.2, -0.15) is 0 Å². The van der Waals surface area contributed by atoms with Crippen molar-refractivity contribution in [3.63, 3.8) is 0 Å². The van der Waals surface area contributed by atoms with Crippen molar-refractivity contribution < 1.29 is 19.1 Å². The number of nitrogens with one attached hydrogen (secondary N) is 1. The van der Waals surface area contributed by atoms with E-state index in [1.165, 1.54) is 4.90 Å². The van der Waals surface area contributed by atoms with Crippen LogP contribution in [0.15, 0.2) is 30.3 Å². The summed E-state index contributed by atoms with van der Waals surface area (Å²) in [6, 6.07) is 8.50. The lowest BCUT2D eigenvalue weighted by atomic mass is 10.1. The molecule has 24 heavy (non-hydrogen) atoms. The van der Waals surface area contributed by atoms with Crippen molar-refractivity contribution in [1.29, 1.82) is 0 Å². The Morgan fingerprint density at radius 1 is 1.17 bits per heavy atom. The fourth-order valence-corrected chi connectivity index (χ4v) is 2.93. The lowest BCUT2D eigenvalue weighted by Gasteiger charge is -2.27. The third kappa shape index (κ3) is 3.73. The van der Waals surface area contributed by atoms with Gasteiger partial charge in [0.15, 0.2) is 0 Å². The van der Waals surface area contributed by atoms with Gasteiger partial charge in [-0.15, -0.1) is 0 Å². The molecule has 128 valence electrons. The molecule has 1 unspecified atom stereocenters. The summed E-state index contributed by atoms with van der Waals surface area (Å²) in [4.78, 5) is 39.5. The average molecular weight is 331 g/mol. The molecular weight excluding hydrogens is 310 g/mol. The van der Waals surface area contributed by atoms with E-state index in [2.05, 4.69) is 5.32 Å². The molecule has 1 atom stereocenters. The molecule has 0 aromatic heterocycles. The van der Waals surface area contributed by atoms with E-state index in [1.54, 1.807) is 4.90 Å². The SMILES string of the molecule is O=C(CC1NC(=O)N(CCc2ccccc2)C1=O)N1CCOCC1. The van der Waals surface area contributed by atoms with Crippen LogP contribution in [0.2, 0.25) is 0 Å². The van der Waals surface area contributed by atoms with Crippen LogP contribution in [0.1, 0.15) is 12.0 Å². The average Bonchev–Trinajstić information content (AvgIpc) is 2.88. The van der Waals surface area contributed by atoms with Gasteiger partial charge in [-0.3, -0.25) is 14.5 Å². The highest BCUT2D eigenvalue weighted by Gasteiger charge is 2.39. The molecule has 2 saturated heterocycles. The van der Waals surface area contributed by atoms with Crippen LogP contribution in [0.5, 0.6) is 0 Å². The van der Waals surface area contributed by atoms with Crippen LogP contribution < -0.4 is 5.32 Å². The maximum Gasteiger partial charge on any atom is 0.324 e. The zero-order valence-corrected chi connectivity index (χ0v) is 13.4. The number of ether oxygens (including phenoxy) is 1. The van der Waals surface area contributed by atoms with E-state index in [0.29, 0.717) is 39.3 Å². The van der Waals surface area contributed by atoms with Gasteiger partial charge in [-0.25, -0.2) is 4.79 Å². The first-order valence-corrected chi connectivity index (χ1v) is 8.16. The van der Waals surface area contributed by atoms with Gasteiger partial charge in [0.2, 0.25) is 5.91 Å². The number of nitrogens with zero attached hydrogens (tertiary/aromatic N) is 2. The fourth-order valence-electron chi connectivity index (χ4n) is 2.93. The summed E-state index contributed by atoms with van der Waals surface area (Å²) in [7, 11) is 0. The number of amides is 4. The van der Waals surface area contributed by atoms with Gasteiger partial charge < -0.3 is 15.0 Å². The summed E-state index contributed by atoms with van der Waals surface area (Å²) < 4.78 is 5.21. The first kappa shape index (κ1) is 16.4. The smallest absolute Gasteiger partial charge is 0.324 e. The molecule has 0 radical (unpaired) electrons. The Morgan fingerprint density at radius 3 is 2.58 bits per heavy atom. The largest absolute Gasteiger partial charge is 0.378 e. The summed E-state index contributed by atoms with van der Waals surface area (Å²) in [5, 5.41) is 2.62. The maximum atomic E-state index is 12.4. The molecule has 3 rings (SSSR count). The van der Waals surface area contributed by atoms with Gasteiger partial charge in [0, 0.05) is 19.6 Å². The first-order valence-electron chi connectivity index (χ1n) is 8.16. The number of carbonyl (C=O) groups is 3. The molecule has 0 aliphatic carbocycles. The summed E-state index contributed by atoms with van der Waals surface area (Å²) in [6.07, 6.45) is 0.608. The van der Waals surface area contributed by atoms with Crippen molar-refractivity contribution in [2.24, 2.45) is 0 Å². The molecule has 7 nitrogen and oxygen atoms in total. The molecule has 0 spiro atoms. The van der Waals surface area contributed by atoms with Gasteiger partial charge in [-0.1, -0.05) is 30.3 Å². The van der Waals surface area contributed by atoms with Crippen LogP contribution in [0.3, 0.4) is 0 Å². The van der Waals surface area contributed by atoms with Crippen molar-refractivity contribution in [3.05, 3.63) is 35.9 Å². The standard InChI is InChI=1S/C17H21N3O4/c21-15(19-8-10-24-11-9-19)12-14-16(22)20(17(23)18-14)7-6-13-4-2-1-3-5-13/h1-5,14H,6-12H2,(H,18,23). The van der Waals surface area contributed by atoms with E-state index in [4.69, 9.17) is 4.74 Å². The number of imide groups is 1. The minimum atomic E-state index is -0.761. The van der Waals surface area contributed by atoms with E-state index in [0.717, 1.165) is 5.56 Å². The number of urea groups is 1. The lowest BCUT2D eigenvalue weighted by molar-refractivity contribution is -0.138. The second-order valence-corrected chi connectivity index (χ2v) is 5.92. The van der Waals surface area contributed by atoms with Crippen LogP contribution in [0.25, 0.3) is 0 Å². The summed E-state index contributed by atoms with van der Waals surface area (Å²) in [6.45, 7) is 2.41. The Balaban J connectivity index is 1.54. The van der Waals surface area contributed by atoms with E-state index in [-0.39, 0.29) is 18.2 Å². The van der Waals surface area contributed by atoms with Gasteiger partial charge in [-0.05, 0) is 12.0 Å². The third-order valence-corrected chi connectivity index (χ3v) is 4.32. The molecular formula is C17H21N3O4. The molecule has 2 fully saturated rings. The zero-order chi connectivity index (χ0) is 16.9. The van der Waals surface area contributed by atoms with Crippen LogP contribution in [-0.2, 0) is 20.7 Å². The number of hydrogen-bond donors (Lipinski definition) is 1. The number of hydrogen-bond acceptors (Lipinski definition) is 4. The topological polar surface area (TPSA) is 79.0 Å². The summed E-state index contributed by atoms with van der Waals surface area (Å²) in [5.74, 6) is -0.445. The molecule has 1 N–H and O–H groups in total. The molecule has 2 aliphatic rings. The van der Waals surface area contributed by atoms with Gasteiger partial charge >= 0.3 is 6.03 Å². The molecule has 1 aromatic rings. The third-order valence-electron chi connectivity index (χ3n) is 4.32. The highest BCUT2D eigenvalue weighted by atomic mass is 16.5. The molecule has 7 heteroatoms. The molecule has 0 bridgehead atoms. The van der Waals surface area contributed by atoms with Crippen molar-refractivity contribution >= 4 is 17.8 Å². The van der Waals surface area contributed by atoms with Crippen LogP contribution >= 0.6 is 0 Å². The monoisotopic (exact) mass is 331 g/mol. The predicted octanol–water partition coefficient (Wildman–Crippen LogP) is 0.398. The highest BCUT2D eigenvalue weighted by molar-refractivity contribution is 6.05. The Kier molecular flexibility index (Phi) is 5.10. The van der Waals surface area contributed by atoms with Gasteiger partial charge in [0.1, 0.15) is 6.04 Å². The van der Waals surface area contributed by atoms with E-state index in [9.17, 15) is 14.4 Å². The number of morpholine rings is 1. The van der Waals surface area contributed by atoms with Crippen LogP contribution in [0.4, 0.5) is 4.79 Å². The number of rotatable bonds is 5. The zero-order valence-electron chi connectivity index (χ0n) is 13.4. The van der Waals surface area contributed by atoms with Crippen molar-refractivity contribution in [3.8, 4) is 0 Å². The van der Waals surface area contributed by atoms with Crippen molar-refractivity contribution in [2.75, 3.05) is 32.8 Å². The normalized spacial score (nSPS) is 21.1. The minimum Gasteiger partial charge on any atom is -0.378 e. The second-order valence-electron chi connectivity index (χ2n) is 5.92. The maximum absolute atomic E-state index is 12.4. The lowest BCUT2D eigenvalue weighted by Crippen LogP contribution is -2.44. The quantitative estimate of drug-likeness (QED) is 0.792. The molecule has 1 aromatic carbocycles. The Morgan fingerprint density at radius 2 is 1.88 bits per heavy atom. The van der Waals surface area contributed by atoms with E-state index >= 15 is 0 Å². The Hall–Kier alpha value is -2.41. The van der Waals surface area contributed by atoms with Crippen molar-refractivity contribution in [2.45, 2.75) is 18.9 Å². The summed E-state index contributed by atoms with van der Waals surface area (Å²) in [5.41, 5.74) is 1.06. The molecule has 2 heterocycles. The van der Waals surface area contributed by atoms with E-state index < -0.39 is 12.1 Å². The Bertz CT molecular complexity index is 614. The van der Waals surface area contributed by atoms with Crippen LogP contribution in [-0.4, -0.2) is 66.5 Å². The van der Waals surface area contributed by atoms with Crippen molar-refractivity contribution in [1.82, 2.24) is 15.1 Å². The molecule has 2 aliphatic heterocycles. The van der Waals surface area contributed by atoms with Gasteiger partial charge in [0.05, 0.1) is 19.6 Å². The fraction of sp³-hybridized carbons (Fsp3) is 0.471. The highest BCUT2D eigenvalue weighted by Crippen LogP contribution is 2.13. The van der Waals surface area contributed by atoms with E-state index in [1.807, 2.05) is 30.3 Å². The van der Waals surface area contributed by atoms with Crippen LogP contribution in [0, 0.1) is 0 Å². The minimum absolute atomic E-state index is 0.00636.